The summed E-state index contributed by atoms with van der Waals surface area (Å²) in [5.74, 6) is 0.327. The number of amides is 1. The van der Waals surface area contributed by atoms with Crippen molar-refractivity contribution in [3.63, 3.8) is 0 Å². The summed E-state index contributed by atoms with van der Waals surface area (Å²) in [6.45, 7) is 0.0117. The van der Waals surface area contributed by atoms with E-state index in [4.69, 9.17) is 4.74 Å². The van der Waals surface area contributed by atoms with Crippen LogP contribution in [0.2, 0.25) is 0 Å². The minimum atomic E-state index is -0.611. The number of benzene rings is 2. The average Bonchev–Trinajstić information content (AvgIpc) is 2.67. The molecule has 0 bridgehead atoms. The molecule has 1 aliphatic heterocycles. The molecule has 0 saturated carbocycles. The van der Waals surface area contributed by atoms with Gasteiger partial charge in [0.1, 0.15) is 11.8 Å². The third kappa shape index (κ3) is 3.47. The Balaban J connectivity index is 2.02. The highest BCUT2D eigenvalue weighted by Crippen LogP contribution is 2.45. The molecule has 1 amide bonds. The van der Waals surface area contributed by atoms with Crippen LogP contribution in [-0.4, -0.2) is 67.3 Å². The van der Waals surface area contributed by atoms with Crippen molar-refractivity contribution in [3.05, 3.63) is 54.1 Å². The number of nitriles is 1. The van der Waals surface area contributed by atoms with Gasteiger partial charge in [0, 0.05) is 11.5 Å². The first kappa shape index (κ1) is 19.9. The fourth-order valence-electron chi connectivity index (χ4n) is 3.98. The summed E-state index contributed by atoms with van der Waals surface area (Å²) < 4.78 is 5.51. The monoisotopic (exact) mass is 379 g/mol. The number of para-hydroxylation sites is 1. The summed E-state index contributed by atoms with van der Waals surface area (Å²) in [6, 6.07) is 16.8. The first-order valence-corrected chi connectivity index (χ1v) is 9.22. The van der Waals surface area contributed by atoms with Crippen molar-refractivity contribution < 1.29 is 14.6 Å². The van der Waals surface area contributed by atoms with Gasteiger partial charge in [-0.25, -0.2) is 0 Å². The molecule has 3 rings (SSSR count). The van der Waals surface area contributed by atoms with Gasteiger partial charge in [0.15, 0.2) is 0 Å². The Kier molecular flexibility index (Phi) is 5.98. The summed E-state index contributed by atoms with van der Waals surface area (Å²) in [6.07, 6.45) is 0. The van der Waals surface area contributed by atoms with E-state index in [0.717, 1.165) is 22.4 Å². The van der Waals surface area contributed by atoms with Crippen LogP contribution >= 0.6 is 0 Å². The van der Waals surface area contributed by atoms with E-state index < -0.39 is 12.1 Å². The molecule has 0 unspecified atom stereocenters. The Bertz CT molecular complexity index is 891. The molecule has 2 aromatic carbocycles. The van der Waals surface area contributed by atoms with Crippen LogP contribution in [0.3, 0.4) is 0 Å². The lowest BCUT2D eigenvalue weighted by atomic mass is 9.73. The summed E-state index contributed by atoms with van der Waals surface area (Å²) >= 11 is 0. The van der Waals surface area contributed by atoms with Gasteiger partial charge in [-0.1, -0.05) is 42.5 Å². The lowest BCUT2D eigenvalue weighted by Gasteiger charge is -2.52. The Hall–Kier alpha value is -2.88. The zero-order chi connectivity index (χ0) is 20.3. The zero-order valence-corrected chi connectivity index (χ0v) is 16.4. The van der Waals surface area contributed by atoms with Gasteiger partial charge in [-0.3, -0.25) is 4.79 Å². The van der Waals surface area contributed by atoms with Crippen molar-refractivity contribution in [3.8, 4) is 22.9 Å². The third-order valence-electron chi connectivity index (χ3n) is 5.19. The lowest BCUT2D eigenvalue weighted by Crippen LogP contribution is -2.66. The fourth-order valence-corrected chi connectivity index (χ4v) is 3.98. The van der Waals surface area contributed by atoms with Crippen molar-refractivity contribution in [2.24, 2.45) is 0 Å². The predicted octanol–water partition coefficient (Wildman–Crippen LogP) is 2.10. The highest BCUT2D eigenvalue weighted by Gasteiger charge is 2.52. The molecular weight excluding hydrogens is 354 g/mol. The number of carbonyl (C=O) groups excluding carboxylic acids is 1. The number of carbonyl (C=O) groups is 1. The van der Waals surface area contributed by atoms with Crippen LogP contribution in [-0.2, 0) is 4.79 Å². The number of likely N-dealkylation sites (N-methyl/N-ethyl adjacent to an activating group) is 1. The van der Waals surface area contributed by atoms with Gasteiger partial charge in [0.2, 0.25) is 5.91 Å². The van der Waals surface area contributed by atoms with Crippen LogP contribution in [0.1, 0.15) is 11.5 Å². The number of nitrogens with zero attached hydrogens (tertiary/aromatic N) is 3. The van der Waals surface area contributed by atoms with Gasteiger partial charge in [-0.15, -0.1) is 0 Å². The topological polar surface area (TPSA) is 76.8 Å². The van der Waals surface area contributed by atoms with Crippen LogP contribution in [0, 0.1) is 11.3 Å². The normalized spacial score (nSPS) is 21.1. The van der Waals surface area contributed by atoms with Gasteiger partial charge in [0.25, 0.3) is 0 Å². The molecule has 1 aliphatic rings. The minimum Gasteiger partial charge on any atom is -0.496 e. The number of hydrogen-bond donors (Lipinski definition) is 1. The van der Waals surface area contributed by atoms with Gasteiger partial charge < -0.3 is 19.6 Å². The molecule has 2 aromatic rings. The van der Waals surface area contributed by atoms with E-state index >= 15 is 0 Å². The zero-order valence-electron chi connectivity index (χ0n) is 16.4. The second kappa shape index (κ2) is 8.42. The molecule has 0 aliphatic carbocycles. The summed E-state index contributed by atoms with van der Waals surface area (Å²) in [5, 5.41) is 19.8. The largest absolute Gasteiger partial charge is 0.496 e. The first-order valence-electron chi connectivity index (χ1n) is 9.22. The molecule has 28 heavy (non-hydrogen) atoms. The van der Waals surface area contributed by atoms with Gasteiger partial charge >= 0.3 is 0 Å². The predicted molar refractivity (Wildman–Crippen MR) is 107 cm³/mol. The fraction of sp³-hybridized carbons (Fsp3) is 0.364. The summed E-state index contributed by atoms with van der Waals surface area (Å²) in [5.41, 5.74) is 2.81. The highest BCUT2D eigenvalue weighted by molar-refractivity contribution is 5.82. The maximum Gasteiger partial charge on any atom is 0.238 e. The maximum atomic E-state index is 12.6. The van der Waals surface area contributed by atoms with E-state index in [1.54, 1.807) is 12.0 Å². The van der Waals surface area contributed by atoms with Crippen LogP contribution in [0.25, 0.3) is 11.1 Å². The number of likely N-dealkylation sites (tertiary alicyclic amines) is 1. The Morgan fingerprint density at radius 1 is 1.18 bits per heavy atom. The standard InChI is InChI=1S/C22H25N3O3/c1-24(2)13-21(27)25-18(12-23)22(19(25)14-26)17-10-5-4-8-15(17)16-9-6-7-11-20(16)28-3/h4-11,18-19,22,26H,13-14H2,1-3H3/t18-,19-,22+/m0/s1. The average molecular weight is 379 g/mol. The molecule has 6 heteroatoms. The summed E-state index contributed by atoms with van der Waals surface area (Å²) in [7, 11) is 5.24. The van der Waals surface area contributed by atoms with E-state index in [9.17, 15) is 15.2 Å². The molecule has 1 fully saturated rings. The molecule has 1 heterocycles. The molecule has 1 N–H and O–H groups in total. The Morgan fingerprint density at radius 3 is 2.43 bits per heavy atom. The van der Waals surface area contributed by atoms with Gasteiger partial charge in [-0.05, 0) is 31.3 Å². The van der Waals surface area contributed by atoms with Crippen molar-refractivity contribution in [1.82, 2.24) is 9.80 Å². The molecule has 146 valence electrons. The van der Waals surface area contributed by atoms with Crippen LogP contribution in [0.4, 0.5) is 0 Å². The summed E-state index contributed by atoms with van der Waals surface area (Å²) in [4.78, 5) is 15.9. The van der Waals surface area contributed by atoms with E-state index in [1.165, 1.54) is 4.90 Å². The minimum absolute atomic E-state index is 0.151. The second-order valence-electron chi connectivity index (χ2n) is 7.18. The Labute approximate surface area is 165 Å². The molecule has 1 saturated heterocycles. The molecule has 6 nitrogen and oxygen atoms in total. The van der Waals surface area contributed by atoms with E-state index in [1.807, 2.05) is 62.6 Å². The first-order chi connectivity index (χ1) is 13.5. The number of methoxy groups -OCH3 is 1. The quantitative estimate of drug-likeness (QED) is 0.832. The van der Waals surface area contributed by atoms with Gasteiger partial charge in [-0.2, -0.15) is 5.26 Å². The lowest BCUT2D eigenvalue weighted by molar-refractivity contribution is -0.147. The third-order valence-corrected chi connectivity index (χ3v) is 5.19. The molecular formula is C22H25N3O3. The number of ether oxygens (including phenoxy) is 1. The second-order valence-corrected chi connectivity index (χ2v) is 7.18. The van der Waals surface area contributed by atoms with Crippen molar-refractivity contribution >= 4 is 5.91 Å². The van der Waals surface area contributed by atoms with Crippen LogP contribution in [0.15, 0.2) is 48.5 Å². The van der Waals surface area contributed by atoms with E-state index in [-0.39, 0.29) is 25.0 Å². The highest BCUT2D eigenvalue weighted by atomic mass is 16.5. The van der Waals surface area contributed by atoms with Crippen molar-refractivity contribution in [2.75, 3.05) is 34.4 Å². The van der Waals surface area contributed by atoms with E-state index in [0.29, 0.717) is 0 Å². The van der Waals surface area contributed by atoms with Crippen LogP contribution in [0.5, 0.6) is 5.75 Å². The van der Waals surface area contributed by atoms with Gasteiger partial charge in [0.05, 0.1) is 32.4 Å². The number of hydrogen-bond acceptors (Lipinski definition) is 5. The molecule has 3 atom stereocenters. The van der Waals surface area contributed by atoms with E-state index in [2.05, 4.69) is 6.07 Å². The van der Waals surface area contributed by atoms with Crippen LogP contribution < -0.4 is 4.74 Å². The van der Waals surface area contributed by atoms with Crippen molar-refractivity contribution in [2.45, 2.75) is 18.0 Å². The SMILES string of the molecule is COc1ccccc1-c1ccccc1[C@@H]1[C@H](C#N)N(C(=O)CN(C)C)[C@H]1CO. The number of rotatable bonds is 6. The number of aliphatic hydroxyl groups excluding tert-OH is 1. The number of aliphatic hydroxyl groups is 1. The smallest absolute Gasteiger partial charge is 0.238 e. The Morgan fingerprint density at radius 2 is 1.82 bits per heavy atom. The molecule has 0 radical (unpaired) electrons. The van der Waals surface area contributed by atoms with Crippen molar-refractivity contribution in [1.29, 1.82) is 5.26 Å². The molecule has 0 spiro atoms. The maximum absolute atomic E-state index is 12.6. The molecule has 0 aromatic heterocycles.